The summed E-state index contributed by atoms with van der Waals surface area (Å²) in [5, 5.41) is 0.456. The van der Waals surface area contributed by atoms with Gasteiger partial charge in [-0.3, -0.25) is 0 Å². The lowest BCUT2D eigenvalue weighted by atomic mass is 10.2. The van der Waals surface area contributed by atoms with Gasteiger partial charge in [-0.2, -0.15) is 0 Å². The Morgan fingerprint density at radius 3 is 2.70 bits per heavy atom. The third kappa shape index (κ3) is 3.68. The monoisotopic (exact) mass is 371 g/mol. The van der Waals surface area contributed by atoms with E-state index < -0.39 is 5.63 Å². The fraction of sp³-hybridized carbons (Fsp3) is 0.111. The van der Waals surface area contributed by atoms with E-state index in [1.807, 2.05) is 43.3 Å². The Hall–Kier alpha value is -2.40. The molecule has 0 amide bonds. The van der Waals surface area contributed by atoms with Crippen LogP contribution < -0.4 is 10.4 Å². The zero-order valence-corrected chi connectivity index (χ0v) is 14.0. The van der Waals surface area contributed by atoms with E-state index in [1.54, 1.807) is 18.2 Å². The van der Waals surface area contributed by atoms with Crippen molar-refractivity contribution in [3.8, 4) is 5.75 Å². The van der Waals surface area contributed by atoms with E-state index in [4.69, 9.17) is 9.15 Å². The largest absolute Gasteiger partial charge is 0.494 e. The van der Waals surface area contributed by atoms with E-state index >= 15 is 0 Å². The van der Waals surface area contributed by atoms with Crippen LogP contribution in [-0.2, 0) is 0 Å². The third-order valence-electron chi connectivity index (χ3n) is 3.22. The molecule has 0 aliphatic carbocycles. The van der Waals surface area contributed by atoms with Crippen LogP contribution in [0.3, 0.4) is 0 Å². The Labute approximate surface area is 141 Å². The number of halogens is 1. The fourth-order valence-corrected chi connectivity index (χ4v) is 2.50. The van der Waals surface area contributed by atoms with E-state index in [1.165, 1.54) is 0 Å². The van der Waals surface area contributed by atoms with Crippen LogP contribution in [0.5, 0.6) is 5.75 Å². The highest BCUT2D eigenvalue weighted by Gasteiger charge is 2.04. The Morgan fingerprint density at radius 2 is 1.96 bits per heavy atom. The molecule has 0 bridgehead atoms. The molecule has 1 heterocycles. The third-order valence-corrected chi connectivity index (χ3v) is 3.71. The van der Waals surface area contributed by atoms with Crippen molar-refractivity contribution in [3.05, 3.63) is 68.8 Å². The van der Waals surface area contributed by atoms with Crippen LogP contribution in [0.2, 0.25) is 0 Å². The molecule has 3 aromatic rings. The van der Waals surface area contributed by atoms with Gasteiger partial charge in [0.2, 0.25) is 5.89 Å². The van der Waals surface area contributed by atoms with E-state index in [2.05, 4.69) is 20.9 Å². The first-order valence-corrected chi connectivity index (χ1v) is 7.96. The first-order chi connectivity index (χ1) is 11.2. The summed E-state index contributed by atoms with van der Waals surface area (Å²) < 4.78 is 11.4. The molecule has 0 fully saturated rings. The molecule has 0 aliphatic heterocycles. The molecule has 4 nitrogen and oxygen atoms in total. The summed E-state index contributed by atoms with van der Waals surface area (Å²) in [4.78, 5) is 16.3. The second kappa shape index (κ2) is 6.79. The zero-order valence-electron chi connectivity index (χ0n) is 12.5. The van der Waals surface area contributed by atoms with Gasteiger partial charge in [-0.1, -0.05) is 28.1 Å². The lowest BCUT2D eigenvalue weighted by Crippen LogP contribution is -2.02. The number of aromatic nitrogens is 1. The van der Waals surface area contributed by atoms with Crippen LogP contribution >= 0.6 is 15.9 Å². The summed E-state index contributed by atoms with van der Waals surface area (Å²) in [6.07, 6.45) is 3.52. The normalized spacial score (nSPS) is 11.2. The fourth-order valence-electron chi connectivity index (χ4n) is 2.14. The van der Waals surface area contributed by atoms with Gasteiger partial charge in [-0.15, -0.1) is 0 Å². The maximum absolute atomic E-state index is 12.0. The molecule has 0 spiro atoms. The number of ether oxygens (including phenoxy) is 1. The van der Waals surface area contributed by atoms with Crippen LogP contribution in [0.4, 0.5) is 0 Å². The first-order valence-electron chi connectivity index (χ1n) is 7.17. The molecular formula is C18H14BrNO3. The molecule has 0 saturated heterocycles. The first kappa shape index (κ1) is 15.5. The van der Waals surface area contributed by atoms with Crippen LogP contribution in [0.1, 0.15) is 18.4 Å². The average Bonchev–Trinajstić information content (AvgIpc) is 2.55. The molecule has 0 radical (unpaired) electrons. The summed E-state index contributed by atoms with van der Waals surface area (Å²) >= 11 is 3.33. The molecule has 0 N–H and O–H groups in total. The molecule has 0 saturated carbocycles. The highest BCUT2D eigenvalue weighted by Crippen LogP contribution is 2.17. The molecule has 0 atom stereocenters. The predicted octanol–water partition coefficient (Wildman–Crippen LogP) is 4.52. The SMILES string of the molecule is CCOc1ccc(C=Cc2nc3ccc(Br)cc3c(=O)o2)cc1. The number of benzene rings is 2. The van der Waals surface area contributed by atoms with Crippen molar-refractivity contribution in [3.63, 3.8) is 0 Å². The molecule has 5 heteroatoms. The van der Waals surface area contributed by atoms with Crippen LogP contribution in [0.25, 0.3) is 23.1 Å². The Balaban J connectivity index is 1.88. The number of nitrogens with zero attached hydrogens (tertiary/aromatic N) is 1. The highest BCUT2D eigenvalue weighted by molar-refractivity contribution is 9.10. The molecular weight excluding hydrogens is 358 g/mol. The standard InChI is InChI=1S/C18H14BrNO3/c1-2-22-14-7-3-12(4-8-14)5-10-17-20-16-9-6-13(19)11-15(16)18(21)23-17/h3-11H,2H2,1H3. The van der Waals surface area contributed by atoms with Crippen molar-refractivity contribution >= 4 is 39.0 Å². The van der Waals surface area contributed by atoms with Crippen molar-refractivity contribution in [2.24, 2.45) is 0 Å². The lowest BCUT2D eigenvalue weighted by Gasteiger charge is -2.02. The Kier molecular flexibility index (Phi) is 4.57. The highest BCUT2D eigenvalue weighted by atomic mass is 79.9. The van der Waals surface area contributed by atoms with Crippen LogP contribution in [0.15, 0.2) is 56.1 Å². The molecule has 23 heavy (non-hydrogen) atoms. The summed E-state index contributed by atoms with van der Waals surface area (Å²) in [5.41, 5.74) is 1.17. The van der Waals surface area contributed by atoms with E-state index in [-0.39, 0.29) is 5.89 Å². The van der Waals surface area contributed by atoms with Crippen molar-refractivity contribution in [1.29, 1.82) is 0 Å². The van der Waals surface area contributed by atoms with Gasteiger partial charge >= 0.3 is 5.63 Å². The van der Waals surface area contributed by atoms with Gasteiger partial charge in [-0.25, -0.2) is 9.78 Å². The number of fused-ring (bicyclic) bond motifs is 1. The van der Waals surface area contributed by atoms with Gasteiger partial charge < -0.3 is 9.15 Å². The lowest BCUT2D eigenvalue weighted by molar-refractivity contribution is 0.340. The van der Waals surface area contributed by atoms with Gasteiger partial charge in [-0.05, 0) is 48.9 Å². The maximum atomic E-state index is 12.0. The molecule has 1 aromatic heterocycles. The minimum Gasteiger partial charge on any atom is -0.494 e. The van der Waals surface area contributed by atoms with Gasteiger partial charge in [0.05, 0.1) is 17.5 Å². The number of hydrogen-bond donors (Lipinski definition) is 0. The minimum atomic E-state index is -0.400. The number of rotatable bonds is 4. The molecule has 2 aromatic carbocycles. The summed E-state index contributed by atoms with van der Waals surface area (Å²) in [7, 11) is 0. The van der Waals surface area contributed by atoms with Gasteiger partial charge in [0.15, 0.2) is 0 Å². The van der Waals surface area contributed by atoms with Crippen molar-refractivity contribution in [2.75, 3.05) is 6.61 Å². The van der Waals surface area contributed by atoms with Gasteiger partial charge in [0.25, 0.3) is 0 Å². The van der Waals surface area contributed by atoms with Crippen LogP contribution in [-0.4, -0.2) is 11.6 Å². The zero-order chi connectivity index (χ0) is 16.2. The minimum absolute atomic E-state index is 0.277. The van der Waals surface area contributed by atoms with E-state index in [9.17, 15) is 4.79 Å². The van der Waals surface area contributed by atoms with Gasteiger partial charge in [0, 0.05) is 10.5 Å². The van der Waals surface area contributed by atoms with E-state index in [0.717, 1.165) is 15.8 Å². The average molecular weight is 372 g/mol. The predicted molar refractivity (Wildman–Crippen MR) is 94.5 cm³/mol. The van der Waals surface area contributed by atoms with Crippen molar-refractivity contribution in [1.82, 2.24) is 4.98 Å². The second-order valence-corrected chi connectivity index (χ2v) is 5.75. The summed E-state index contributed by atoms with van der Waals surface area (Å²) in [5.74, 6) is 1.10. The summed E-state index contributed by atoms with van der Waals surface area (Å²) in [6.45, 7) is 2.58. The van der Waals surface area contributed by atoms with Gasteiger partial charge in [0.1, 0.15) is 5.75 Å². The van der Waals surface area contributed by atoms with Crippen molar-refractivity contribution < 1.29 is 9.15 Å². The quantitative estimate of drug-likeness (QED) is 0.676. The smallest absolute Gasteiger partial charge is 0.347 e. The van der Waals surface area contributed by atoms with E-state index in [0.29, 0.717) is 17.5 Å². The molecule has 0 unspecified atom stereocenters. The topological polar surface area (TPSA) is 52.3 Å². The van der Waals surface area contributed by atoms with Crippen LogP contribution in [0, 0.1) is 0 Å². The molecule has 116 valence electrons. The molecule has 3 rings (SSSR count). The Bertz CT molecular complexity index is 914. The Morgan fingerprint density at radius 1 is 1.17 bits per heavy atom. The van der Waals surface area contributed by atoms with Crippen molar-refractivity contribution in [2.45, 2.75) is 6.92 Å². The second-order valence-electron chi connectivity index (χ2n) is 4.84. The summed E-state index contributed by atoms with van der Waals surface area (Å²) in [6, 6.07) is 13.0. The molecule has 0 aliphatic rings. The number of hydrogen-bond acceptors (Lipinski definition) is 4. The maximum Gasteiger partial charge on any atom is 0.347 e.